The summed E-state index contributed by atoms with van der Waals surface area (Å²) in [7, 11) is 1.76. The van der Waals surface area contributed by atoms with Crippen molar-refractivity contribution in [2.45, 2.75) is 32.2 Å². The first-order valence-corrected chi connectivity index (χ1v) is 6.68. The maximum Gasteiger partial charge on any atom is 0.124 e. The summed E-state index contributed by atoms with van der Waals surface area (Å²) in [6, 6.07) is 6.98. The number of H-pyrrole nitrogens is 1. The first kappa shape index (κ1) is 11.6. The number of ether oxygens (including phenoxy) is 1. The zero-order valence-corrected chi connectivity index (χ0v) is 11.0. The predicted molar refractivity (Wildman–Crippen MR) is 74.2 cm³/mol. The molecule has 0 radical (unpaired) electrons. The Morgan fingerprint density at radius 1 is 1.22 bits per heavy atom. The van der Waals surface area contributed by atoms with Crippen LogP contribution in [-0.2, 0) is 0 Å². The minimum Gasteiger partial charge on any atom is -0.496 e. The van der Waals surface area contributed by atoms with Gasteiger partial charge in [0.1, 0.15) is 5.75 Å². The van der Waals surface area contributed by atoms with Crippen molar-refractivity contribution in [3.8, 4) is 5.75 Å². The van der Waals surface area contributed by atoms with Gasteiger partial charge in [0.15, 0.2) is 0 Å². The molecule has 1 aliphatic heterocycles. The molecule has 1 fully saturated rings. The molecule has 1 saturated heterocycles. The molecule has 0 amide bonds. The van der Waals surface area contributed by atoms with E-state index in [2.05, 4.69) is 35.4 Å². The van der Waals surface area contributed by atoms with E-state index >= 15 is 0 Å². The molecule has 2 N–H and O–H groups in total. The van der Waals surface area contributed by atoms with Crippen LogP contribution in [0, 0.1) is 6.92 Å². The lowest BCUT2D eigenvalue weighted by molar-refractivity contribution is 0.374. The van der Waals surface area contributed by atoms with Crippen LogP contribution in [-0.4, -0.2) is 18.6 Å². The van der Waals surface area contributed by atoms with E-state index in [9.17, 15) is 0 Å². The van der Waals surface area contributed by atoms with Gasteiger partial charge in [0, 0.05) is 28.2 Å². The van der Waals surface area contributed by atoms with E-state index in [4.69, 9.17) is 4.74 Å². The van der Waals surface area contributed by atoms with Gasteiger partial charge in [0.05, 0.1) is 7.11 Å². The molecule has 2 aromatic rings. The molecule has 2 heterocycles. The SMILES string of the molecule is COc1cc2cc(C)[nH]c2cc1C1CCCCN1. The van der Waals surface area contributed by atoms with Gasteiger partial charge >= 0.3 is 0 Å². The van der Waals surface area contributed by atoms with E-state index in [-0.39, 0.29) is 0 Å². The second kappa shape index (κ2) is 4.65. The molecule has 0 spiro atoms. The highest BCUT2D eigenvalue weighted by atomic mass is 16.5. The van der Waals surface area contributed by atoms with E-state index in [1.807, 2.05) is 0 Å². The van der Waals surface area contributed by atoms with Crippen LogP contribution in [0.1, 0.15) is 36.6 Å². The maximum atomic E-state index is 5.56. The number of hydrogen-bond acceptors (Lipinski definition) is 2. The van der Waals surface area contributed by atoms with Crippen LogP contribution in [0.15, 0.2) is 18.2 Å². The third-order valence-corrected chi connectivity index (χ3v) is 3.79. The summed E-state index contributed by atoms with van der Waals surface area (Å²) in [6.07, 6.45) is 3.77. The van der Waals surface area contributed by atoms with Gasteiger partial charge in [-0.25, -0.2) is 0 Å². The van der Waals surface area contributed by atoms with Crippen molar-refractivity contribution >= 4 is 10.9 Å². The van der Waals surface area contributed by atoms with Gasteiger partial charge in [-0.3, -0.25) is 0 Å². The van der Waals surface area contributed by atoms with Crippen molar-refractivity contribution < 1.29 is 4.74 Å². The Labute approximate surface area is 108 Å². The molecule has 96 valence electrons. The van der Waals surface area contributed by atoms with E-state index in [0.717, 1.165) is 12.3 Å². The minimum atomic E-state index is 0.432. The maximum absolute atomic E-state index is 5.56. The Kier molecular flexibility index (Phi) is 3.00. The lowest BCUT2D eigenvalue weighted by Crippen LogP contribution is -2.27. The summed E-state index contributed by atoms with van der Waals surface area (Å²) in [5, 5.41) is 4.81. The van der Waals surface area contributed by atoms with Crippen LogP contribution < -0.4 is 10.1 Å². The Morgan fingerprint density at radius 2 is 2.11 bits per heavy atom. The van der Waals surface area contributed by atoms with Crippen molar-refractivity contribution in [1.82, 2.24) is 10.3 Å². The molecule has 3 rings (SSSR count). The first-order valence-electron chi connectivity index (χ1n) is 6.68. The van der Waals surface area contributed by atoms with Gasteiger partial charge in [-0.1, -0.05) is 6.42 Å². The number of methoxy groups -OCH3 is 1. The fourth-order valence-corrected chi connectivity index (χ4v) is 2.89. The molecular formula is C15H20N2O. The second-order valence-corrected chi connectivity index (χ2v) is 5.14. The summed E-state index contributed by atoms with van der Waals surface area (Å²) in [5.41, 5.74) is 3.68. The van der Waals surface area contributed by atoms with Crippen molar-refractivity contribution in [2.75, 3.05) is 13.7 Å². The average molecular weight is 244 g/mol. The van der Waals surface area contributed by atoms with Crippen LogP contribution in [0.5, 0.6) is 5.75 Å². The fraction of sp³-hybridized carbons (Fsp3) is 0.467. The first-order chi connectivity index (χ1) is 8.78. The molecule has 1 aromatic heterocycles. The Bertz CT molecular complexity index is 553. The predicted octanol–water partition coefficient (Wildman–Crippen LogP) is 3.30. The molecule has 3 nitrogen and oxygen atoms in total. The zero-order chi connectivity index (χ0) is 12.5. The standard InChI is InChI=1S/C15H20N2O/c1-10-7-11-8-15(18-2)12(9-14(11)17-10)13-5-3-4-6-16-13/h7-9,13,16-17H,3-6H2,1-2H3. The van der Waals surface area contributed by atoms with Crippen molar-refractivity contribution in [3.63, 3.8) is 0 Å². The van der Waals surface area contributed by atoms with Crippen LogP contribution >= 0.6 is 0 Å². The van der Waals surface area contributed by atoms with E-state index in [1.165, 1.54) is 41.4 Å². The van der Waals surface area contributed by atoms with Crippen LogP contribution in [0.4, 0.5) is 0 Å². The van der Waals surface area contributed by atoms with E-state index in [1.54, 1.807) is 7.11 Å². The summed E-state index contributed by atoms with van der Waals surface area (Å²) < 4.78 is 5.56. The number of benzene rings is 1. The molecule has 3 heteroatoms. The molecule has 0 aliphatic carbocycles. The number of nitrogens with one attached hydrogen (secondary N) is 2. The highest BCUT2D eigenvalue weighted by Crippen LogP contribution is 2.34. The summed E-state index contributed by atoms with van der Waals surface area (Å²) in [6.45, 7) is 3.20. The molecule has 18 heavy (non-hydrogen) atoms. The fourth-order valence-electron chi connectivity index (χ4n) is 2.89. The van der Waals surface area contributed by atoms with Crippen molar-refractivity contribution in [1.29, 1.82) is 0 Å². The van der Waals surface area contributed by atoms with Gasteiger partial charge in [-0.2, -0.15) is 0 Å². The molecule has 0 bridgehead atoms. The van der Waals surface area contributed by atoms with Gasteiger partial charge in [-0.15, -0.1) is 0 Å². The molecule has 1 atom stereocenters. The van der Waals surface area contributed by atoms with Gasteiger partial charge in [0.25, 0.3) is 0 Å². The second-order valence-electron chi connectivity index (χ2n) is 5.14. The van der Waals surface area contributed by atoms with E-state index < -0.39 is 0 Å². The van der Waals surface area contributed by atoms with Crippen molar-refractivity contribution in [3.05, 3.63) is 29.5 Å². The van der Waals surface area contributed by atoms with Crippen LogP contribution in [0.2, 0.25) is 0 Å². The van der Waals surface area contributed by atoms with Crippen molar-refractivity contribution in [2.24, 2.45) is 0 Å². The molecule has 1 aliphatic rings. The number of fused-ring (bicyclic) bond motifs is 1. The Hall–Kier alpha value is -1.48. The number of aromatic nitrogens is 1. The third-order valence-electron chi connectivity index (χ3n) is 3.79. The van der Waals surface area contributed by atoms with Gasteiger partial charge in [0.2, 0.25) is 0 Å². The monoisotopic (exact) mass is 244 g/mol. The average Bonchev–Trinajstić information content (AvgIpc) is 2.77. The topological polar surface area (TPSA) is 37.0 Å². The lowest BCUT2D eigenvalue weighted by atomic mass is 9.96. The minimum absolute atomic E-state index is 0.432. The quantitative estimate of drug-likeness (QED) is 0.850. The highest BCUT2D eigenvalue weighted by Gasteiger charge is 2.19. The number of aromatic amines is 1. The lowest BCUT2D eigenvalue weighted by Gasteiger charge is -2.25. The third kappa shape index (κ3) is 1.99. The zero-order valence-electron chi connectivity index (χ0n) is 11.0. The summed E-state index contributed by atoms with van der Waals surface area (Å²) >= 11 is 0. The van der Waals surface area contributed by atoms with Gasteiger partial charge < -0.3 is 15.0 Å². The molecule has 0 saturated carbocycles. The highest BCUT2D eigenvalue weighted by molar-refractivity contribution is 5.83. The largest absolute Gasteiger partial charge is 0.496 e. The van der Waals surface area contributed by atoms with Crippen LogP contribution in [0.25, 0.3) is 10.9 Å². The Morgan fingerprint density at radius 3 is 2.83 bits per heavy atom. The molecule has 1 aromatic carbocycles. The normalized spacial score (nSPS) is 20.2. The molecule has 1 unspecified atom stereocenters. The number of piperidine rings is 1. The molecular weight excluding hydrogens is 224 g/mol. The number of hydrogen-bond donors (Lipinski definition) is 2. The van der Waals surface area contributed by atoms with Crippen LogP contribution in [0.3, 0.4) is 0 Å². The number of rotatable bonds is 2. The summed E-state index contributed by atoms with van der Waals surface area (Å²) in [4.78, 5) is 3.41. The smallest absolute Gasteiger partial charge is 0.124 e. The number of aryl methyl sites for hydroxylation is 1. The Balaban J connectivity index is 2.07. The summed E-state index contributed by atoms with van der Waals surface area (Å²) in [5.74, 6) is 1.00. The van der Waals surface area contributed by atoms with E-state index in [0.29, 0.717) is 6.04 Å². The van der Waals surface area contributed by atoms with Gasteiger partial charge in [-0.05, 0) is 44.5 Å².